The molecular formula is C6H12O3. The lowest BCUT2D eigenvalue weighted by Crippen LogP contribution is -2.41. The van der Waals surface area contributed by atoms with Gasteiger partial charge >= 0.3 is 0 Å². The van der Waals surface area contributed by atoms with Crippen molar-refractivity contribution < 1.29 is 14.9 Å². The minimum atomic E-state index is -0.492. The van der Waals surface area contributed by atoms with E-state index in [1.807, 2.05) is 6.92 Å². The fraction of sp³-hybridized carbons (Fsp3) is 1.00. The van der Waals surface area contributed by atoms with Crippen LogP contribution < -0.4 is 0 Å². The van der Waals surface area contributed by atoms with Gasteiger partial charge in [-0.05, 0) is 0 Å². The van der Waals surface area contributed by atoms with E-state index in [-0.39, 0.29) is 5.92 Å². The van der Waals surface area contributed by atoms with Gasteiger partial charge in [0, 0.05) is 5.92 Å². The molecular weight excluding hydrogens is 120 g/mol. The van der Waals surface area contributed by atoms with E-state index in [2.05, 4.69) is 0 Å². The summed E-state index contributed by atoms with van der Waals surface area (Å²) in [5.74, 6) is -0.0428. The lowest BCUT2D eigenvalue weighted by Gasteiger charge is -2.29. The first-order valence-corrected chi connectivity index (χ1v) is 3.15. The lowest BCUT2D eigenvalue weighted by atomic mass is 9.97. The first-order valence-electron chi connectivity index (χ1n) is 3.15. The van der Waals surface area contributed by atoms with E-state index in [4.69, 9.17) is 14.9 Å². The molecule has 1 aliphatic heterocycles. The van der Waals surface area contributed by atoms with Crippen LogP contribution in [-0.2, 0) is 4.74 Å². The van der Waals surface area contributed by atoms with Crippen molar-refractivity contribution in [3.8, 4) is 0 Å². The number of hydrogen-bond acceptors (Lipinski definition) is 3. The second-order valence-electron chi connectivity index (χ2n) is 2.53. The Morgan fingerprint density at radius 1 is 1.22 bits per heavy atom. The zero-order valence-electron chi connectivity index (χ0n) is 5.45. The summed E-state index contributed by atoms with van der Waals surface area (Å²) >= 11 is 0. The summed E-state index contributed by atoms with van der Waals surface area (Å²) in [6.45, 7) is 2.54. The van der Waals surface area contributed by atoms with Gasteiger partial charge in [-0.15, -0.1) is 0 Å². The van der Waals surface area contributed by atoms with Crippen LogP contribution in [0, 0.1) is 5.92 Å². The molecule has 1 unspecified atom stereocenters. The molecule has 1 aliphatic rings. The molecule has 9 heavy (non-hydrogen) atoms. The van der Waals surface area contributed by atoms with Gasteiger partial charge in [0.15, 0.2) is 0 Å². The van der Waals surface area contributed by atoms with Gasteiger partial charge in [0.2, 0.25) is 0 Å². The van der Waals surface area contributed by atoms with E-state index < -0.39 is 12.2 Å². The van der Waals surface area contributed by atoms with Gasteiger partial charge in [0.25, 0.3) is 0 Å². The highest BCUT2D eigenvalue weighted by atomic mass is 16.5. The van der Waals surface area contributed by atoms with Crippen molar-refractivity contribution in [2.24, 2.45) is 5.92 Å². The van der Waals surface area contributed by atoms with Crippen molar-refractivity contribution in [1.82, 2.24) is 0 Å². The second-order valence-corrected chi connectivity index (χ2v) is 2.53. The molecule has 0 saturated carbocycles. The zero-order chi connectivity index (χ0) is 6.85. The van der Waals surface area contributed by atoms with Crippen molar-refractivity contribution in [2.75, 3.05) is 13.2 Å². The highest BCUT2D eigenvalue weighted by Crippen LogP contribution is 2.14. The number of ether oxygens (including phenoxy) is 1. The summed E-state index contributed by atoms with van der Waals surface area (Å²) in [4.78, 5) is 0. The number of aliphatic hydroxyl groups excluding tert-OH is 2. The first kappa shape index (κ1) is 6.99. The Bertz CT molecular complexity index is 84.3. The number of aliphatic hydroxyl groups is 2. The van der Waals surface area contributed by atoms with Crippen LogP contribution in [0.25, 0.3) is 0 Å². The zero-order valence-corrected chi connectivity index (χ0v) is 5.45. The first-order chi connectivity index (χ1) is 4.22. The maximum Gasteiger partial charge on any atom is 0.0824 e. The van der Waals surface area contributed by atoms with E-state index >= 15 is 0 Å². The number of hydrogen-bond donors (Lipinski definition) is 2. The molecule has 0 radical (unpaired) electrons. The normalized spacial score (nSPS) is 45.0. The molecule has 0 bridgehead atoms. The van der Waals surface area contributed by atoms with E-state index in [1.165, 1.54) is 0 Å². The Hall–Kier alpha value is -0.120. The van der Waals surface area contributed by atoms with Crippen molar-refractivity contribution in [3.63, 3.8) is 0 Å². The van der Waals surface area contributed by atoms with Gasteiger partial charge in [-0.3, -0.25) is 0 Å². The summed E-state index contributed by atoms with van der Waals surface area (Å²) in [6.07, 6.45) is -0.984. The van der Waals surface area contributed by atoms with Crippen LogP contribution in [0.5, 0.6) is 0 Å². The molecule has 0 aromatic heterocycles. The highest BCUT2D eigenvalue weighted by molar-refractivity contribution is 4.75. The molecule has 0 aromatic rings. The maximum atomic E-state index is 9.06. The monoisotopic (exact) mass is 132 g/mol. The van der Waals surface area contributed by atoms with Crippen molar-refractivity contribution in [3.05, 3.63) is 0 Å². The van der Waals surface area contributed by atoms with Crippen LogP contribution in [0.2, 0.25) is 0 Å². The minimum Gasteiger partial charge on any atom is -0.390 e. The SMILES string of the molecule is CC1[C@H](O)COC[C@@H]1O. The molecule has 2 N–H and O–H groups in total. The maximum absolute atomic E-state index is 9.06. The van der Waals surface area contributed by atoms with Gasteiger partial charge < -0.3 is 14.9 Å². The van der Waals surface area contributed by atoms with Crippen molar-refractivity contribution in [2.45, 2.75) is 19.1 Å². The molecule has 0 aromatic carbocycles. The van der Waals surface area contributed by atoms with Crippen LogP contribution in [0.15, 0.2) is 0 Å². The third-order valence-electron chi connectivity index (χ3n) is 1.79. The van der Waals surface area contributed by atoms with E-state index in [1.54, 1.807) is 0 Å². The molecule has 3 nitrogen and oxygen atoms in total. The number of rotatable bonds is 0. The van der Waals surface area contributed by atoms with Crippen LogP contribution in [-0.4, -0.2) is 35.6 Å². The average Bonchev–Trinajstić information content (AvgIpc) is 1.83. The van der Waals surface area contributed by atoms with Crippen LogP contribution >= 0.6 is 0 Å². The molecule has 1 rings (SSSR count). The molecule has 1 saturated heterocycles. The van der Waals surface area contributed by atoms with Gasteiger partial charge in [-0.1, -0.05) is 6.92 Å². The van der Waals surface area contributed by atoms with Crippen LogP contribution in [0.3, 0.4) is 0 Å². The molecule has 1 heterocycles. The minimum absolute atomic E-state index is 0.0428. The van der Waals surface area contributed by atoms with Crippen LogP contribution in [0.1, 0.15) is 6.92 Å². The third kappa shape index (κ3) is 1.41. The molecule has 1 fully saturated rings. The Balaban J connectivity index is 2.41. The van der Waals surface area contributed by atoms with Gasteiger partial charge in [0.1, 0.15) is 0 Å². The molecule has 0 aliphatic carbocycles. The lowest BCUT2D eigenvalue weighted by molar-refractivity contribution is -0.108. The molecule has 54 valence electrons. The van der Waals surface area contributed by atoms with Crippen molar-refractivity contribution in [1.29, 1.82) is 0 Å². The summed E-state index contributed by atoms with van der Waals surface area (Å²) in [5, 5.41) is 18.1. The fourth-order valence-corrected chi connectivity index (χ4v) is 0.870. The summed E-state index contributed by atoms with van der Waals surface area (Å²) in [7, 11) is 0. The Morgan fingerprint density at radius 3 is 2.00 bits per heavy atom. The van der Waals surface area contributed by atoms with E-state index in [0.717, 1.165) is 0 Å². The fourth-order valence-electron chi connectivity index (χ4n) is 0.870. The molecule has 3 heteroatoms. The Labute approximate surface area is 54.3 Å². The van der Waals surface area contributed by atoms with Crippen molar-refractivity contribution >= 4 is 0 Å². The van der Waals surface area contributed by atoms with E-state index in [9.17, 15) is 0 Å². The topological polar surface area (TPSA) is 49.7 Å². The Kier molecular flexibility index (Phi) is 2.05. The summed E-state index contributed by atoms with van der Waals surface area (Å²) in [6, 6.07) is 0. The van der Waals surface area contributed by atoms with Crippen LogP contribution in [0.4, 0.5) is 0 Å². The quantitative estimate of drug-likeness (QED) is 0.461. The summed E-state index contributed by atoms with van der Waals surface area (Å²) in [5.41, 5.74) is 0. The average molecular weight is 132 g/mol. The molecule has 0 amide bonds. The molecule has 0 spiro atoms. The standard InChI is InChI=1S/C6H12O3/c1-4-5(7)2-9-3-6(4)8/h4-8H,2-3H2,1H3/t4?,5-,6+. The van der Waals surface area contributed by atoms with Gasteiger partial charge in [-0.2, -0.15) is 0 Å². The molecule has 3 atom stereocenters. The third-order valence-corrected chi connectivity index (χ3v) is 1.79. The Morgan fingerprint density at radius 2 is 1.67 bits per heavy atom. The van der Waals surface area contributed by atoms with E-state index in [0.29, 0.717) is 13.2 Å². The largest absolute Gasteiger partial charge is 0.390 e. The highest BCUT2D eigenvalue weighted by Gasteiger charge is 2.27. The predicted octanol–water partition coefficient (Wildman–Crippen LogP) is -0.626. The smallest absolute Gasteiger partial charge is 0.0824 e. The second kappa shape index (κ2) is 2.64. The van der Waals surface area contributed by atoms with Gasteiger partial charge in [0.05, 0.1) is 25.4 Å². The summed E-state index contributed by atoms with van der Waals surface area (Å²) < 4.78 is 4.86. The van der Waals surface area contributed by atoms with Gasteiger partial charge in [-0.25, -0.2) is 0 Å². The predicted molar refractivity (Wildman–Crippen MR) is 32.0 cm³/mol.